The van der Waals surface area contributed by atoms with Gasteiger partial charge in [-0.05, 0) is 26.3 Å². The molecule has 0 spiro atoms. The van der Waals surface area contributed by atoms with E-state index in [2.05, 4.69) is 12.2 Å². The lowest BCUT2D eigenvalue weighted by atomic mass is 10.0. The molecule has 1 nitrogen and oxygen atoms in total. The van der Waals surface area contributed by atoms with E-state index in [9.17, 15) is 0 Å². The molecule has 1 saturated carbocycles. The van der Waals surface area contributed by atoms with Gasteiger partial charge in [-0.25, -0.2) is 0 Å². The van der Waals surface area contributed by atoms with Gasteiger partial charge in [-0.2, -0.15) is 0 Å². The van der Waals surface area contributed by atoms with Crippen molar-refractivity contribution < 1.29 is 0 Å². The van der Waals surface area contributed by atoms with Gasteiger partial charge in [-0.15, -0.1) is 0 Å². The van der Waals surface area contributed by atoms with Crippen LogP contribution in [0.1, 0.15) is 92.4 Å². The molecular formula is C16H37N. The highest BCUT2D eigenvalue weighted by Gasteiger charge is 2.04. The molecule has 106 valence electrons. The maximum atomic E-state index is 3.38. The fourth-order valence-corrected chi connectivity index (χ4v) is 2.09. The molecule has 1 unspecified atom stereocenters. The van der Waals surface area contributed by atoms with E-state index in [-0.39, 0.29) is 0 Å². The summed E-state index contributed by atoms with van der Waals surface area (Å²) in [5.41, 5.74) is 0. The highest BCUT2D eigenvalue weighted by Crippen LogP contribution is 2.15. The predicted octanol–water partition coefficient (Wildman–Crippen LogP) is 5.54. The highest BCUT2D eigenvalue weighted by molar-refractivity contribution is 4.65. The van der Waals surface area contributed by atoms with Crippen molar-refractivity contribution in [3.05, 3.63) is 0 Å². The number of piperidine rings is 1. The van der Waals surface area contributed by atoms with Gasteiger partial charge in [0, 0.05) is 6.04 Å². The van der Waals surface area contributed by atoms with Crippen LogP contribution in [0.25, 0.3) is 0 Å². The van der Waals surface area contributed by atoms with E-state index in [0.717, 1.165) is 6.04 Å². The van der Waals surface area contributed by atoms with Crippen molar-refractivity contribution in [3.63, 3.8) is 0 Å². The third-order valence-electron chi connectivity index (χ3n) is 3.06. The van der Waals surface area contributed by atoms with Gasteiger partial charge < -0.3 is 5.32 Å². The third kappa shape index (κ3) is 16.0. The van der Waals surface area contributed by atoms with E-state index in [1.54, 1.807) is 0 Å². The molecule has 1 atom stereocenters. The van der Waals surface area contributed by atoms with Gasteiger partial charge in [0.25, 0.3) is 0 Å². The number of hydrogen-bond donors (Lipinski definition) is 1. The van der Waals surface area contributed by atoms with Gasteiger partial charge in [-0.1, -0.05) is 72.6 Å². The molecule has 1 aliphatic heterocycles. The Morgan fingerprint density at radius 1 is 0.647 bits per heavy atom. The second kappa shape index (κ2) is 18.3. The average Bonchev–Trinajstić information content (AvgIpc) is 2.47. The van der Waals surface area contributed by atoms with Crippen LogP contribution in [0.2, 0.25) is 0 Å². The minimum absolute atomic E-state index is 0.786. The Labute approximate surface area is 111 Å². The Bertz CT molecular complexity index is 90.6. The minimum Gasteiger partial charge on any atom is -0.314 e. The van der Waals surface area contributed by atoms with Crippen molar-refractivity contribution in [2.24, 2.45) is 0 Å². The van der Waals surface area contributed by atoms with E-state index >= 15 is 0 Å². The second-order valence-corrected chi connectivity index (χ2v) is 4.47. The lowest BCUT2D eigenvalue weighted by molar-refractivity contribution is 0.425. The summed E-state index contributed by atoms with van der Waals surface area (Å²) in [4.78, 5) is 0. The first-order valence-electron chi connectivity index (χ1n) is 8.13. The molecular weight excluding hydrogens is 206 g/mol. The molecule has 1 N–H and O–H groups in total. The first kappa shape index (κ1) is 19.3. The zero-order valence-corrected chi connectivity index (χ0v) is 13.1. The van der Waals surface area contributed by atoms with Crippen molar-refractivity contribution in [1.29, 1.82) is 0 Å². The summed E-state index contributed by atoms with van der Waals surface area (Å²) >= 11 is 0. The maximum absolute atomic E-state index is 3.38. The monoisotopic (exact) mass is 243 g/mol. The molecule has 1 heteroatoms. The third-order valence-corrected chi connectivity index (χ3v) is 3.06. The molecule has 0 amide bonds. The van der Waals surface area contributed by atoms with Gasteiger partial charge in [0.1, 0.15) is 0 Å². The van der Waals surface area contributed by atoms with Gasteiger partial charge in [0.2, 0.25) is 0 Å². The molecule has 0 aromatic heterocycles. The Kier molecular flexibility index (Phi) is 20.8. The van der Waals surface area contributed by atoms with E-state index in [4.69, 9.17) is 0 Å². The van der Waals surface area contributed by atoms with Crippen LogP contribution in [0, 0.1) is 0 Å². The fourth-order valence-electron chi connectivity index (χ4n) is 2.09. The average molecular weight is 243 g/mol. The largest absolute Gasteiger partial charge is 0.314 e. The molecule has 17 heavy (non-hydrogen) atoms. The summed E-state index contributed by atoms with van der Waals surface area (Å²) < 4.78 is 0. The number of hydrogen-bond acceptors (Lipinski definition) is 1. The minimum atomic E-state index is 0.786. The van der Waals surface area contributed by atoms with E-state index < -0.39 is 0 Å². The van der Waals surface area contributed by atoms with Crippen molar-refractivity contribution >= 4 is 0 Å². The van der Waals surface area contributed by atoms with Crippen LogP contribution in [-0.2, 0) is 0 Å². The molecule has 0 aromatic carbocycles. The molecule has 2 fully saturated rings. The summed E-state index contributed by atoms with van der Waals surface area (Å²) in [6, 6.07) is 0.786. The van der Waals surface area contributed by atoms with E-state index in [0.29, 0.717) is 0 Å². The Balaban J connectivity index is 0. The van der Waals surface area contributed by atoms with Crippen LogP contribution in [0.3, 0.4) is 0 Å². The first-order chi connectivity index (χ1) is 8.39. The zero-order valence-electron chi connectivity index (χ0n) is 13.1. The van der Waals surface area contributed by atoms with E-state index in [1.807, 2.05) is 27.7 Å². The topological polar surface area (TPSA) is 12.0 Å². The molecule has 0 radical (unpaired) electrons. The summed E-state index contributed by atoms with van der Waals surface area (Å²) in [5.74, 6) is 0. The molecule has 1 heterocycles. The van der Waals surface area contributed by atoms with Crippen LogP contribution < -0.4 is 5.32 Å². The molecule has 1 saturated heterocycles. The predicted molar refractivity (Wildman–Crippen MR) is 81.7 cm³/mol. The SMILES string of the molecule is C1CCCCC1.CC.CC.CC1CCCCN1. The molecule has 2 rings (SSSR count). The lowest BCUT2D eigenvalue weighted by Gasteiger charge is -2.18. The lowest BCUT2D eigenvalue weighted by Crippen LogP contribution is -2.30. The first-order valence-corrected chi connectivity index (χ1v) is 8.13. The van der Waals surface area contributed by atoms with Crippen LogP contribution in [0.15, 0.2) is 0 Å². The summed E-state index contributed by atoms with van der Waals surface area (Å²) in [6.45, 7) is 11.5. The summed E-state index contributed by atoms with van der Waals surface area (Å²) in [6.07, 6.45) is 13.2. The summed E-state index contributed by atoms with van der Waals surface area (Å²) in [5, 5.41) is 3.38. The van der Waals surface area contributed by atoms with Gasteiger partial charge in [0.15, 0.2) is 0 Å². The molecule has 2 aliphatic rings. The van der Waals surface area contributed by atoms with Gasteiger partial charge in [0.05, 0.1) is 0 Å². The van der Waals surface area contributed by atoms with Crippen LogP contribution in [-0.4, -0.2) is 12.6 Å². The normalized spacial score (nSPS) is 22.8. The number of rotatable bonds is 0. The van der Waals surface area contributed by atoms with E-state index in [1.165, 1.54) is 64.3 Å². The Morgan fingerprint density at radius 2 is 1.06 bits per heavy atom. The fraction of sp³-hybridized carbons (Fsp3) is 1.00. The zero-order chi connectivity index (χ0) is 13.4. The highest BCUT2D eigenvalue weighted by atomic mass is 14.9. The molecule has 1 aliphatic carbocycles. The second-order valence-electron chi connectivity index (χ2n) is 4.47. The van der Waals surface area contributed by atoms with Crippen molar-refractivity contribution in [3.8, 4) is 0 Å². The molecule has 0 aromatic rings. The van der Waals surface area contributed by atoms with Gasteiger partial charge >= 0.3 is 0 Å². The number of nitrogens with one attached hydrogen (secondary N) is 1. The Morgan fingerprint density at radius 3 is 1.24 bits per heavy atom. The van der Waals surface area contributed by atoms with Crippen LogP contribution >= 0.6 is 0 Å². The molecule has 0 bridgehead atoms. The quantitative estimate of drug-likeness (QED) is 0.589. The van der Waals surface area contributed by atoms with Gasteiger partial charge in [-0.3, -0.25) is 0 Å². The Hall–Kier alpha value is -0.0400. The van der Waals surface area contributed by atoms with Crippen molar-refractivity contribution in [1.82, 2.24) is 5.32 Å². The maximum Gasteiger partial charge on any atom is 0.00387 e. The summed E-state index contributed by atoms with van der Waals surface area (Å²) in [7, 11) is 0. The smallest absolute Gasteiger partial charge is 0.00387 e. The van der Waals surface area contributed by atoms with Crippen LogP contribution in [0.4, 0.5) is 0 Å². The van der Waals surface area contributed by atoms with Crippen molar-refractivity contribution in [2.45, 2.75) is 98.4 Å². The van der Waals surface area contributed by atoms with Crippen molar-refractivity contribution in [2.75, 3.05) is 6.54 Å². The standard InChI is InChI=1S/C6H13N.C6H12.2C2H6/c1-6-4-2-3-5-7-6;1-2-4-6-5-3-1;2*1-2/h6-7H,2-5H2,1H3;1-6H2;2*1-2H3. The van der Waals surface area contributed by atoms with Crippen LogP contribution in [0.5, 0.6) is 0 Å².